The third kappa shape index (κ3) is 3.16. The first-order valence-corrected chi connectivity index (χ1v) is 4.69. The maximum atomic E-state index is 10.3. The van der Waals surface area contributed by atoms with Crippen LogP contribution in [-0.2, 0) is 4.57 Å². The molecule has 0 saturated heterocycles. The first-order valence-electron chi connectivity index (χ1n) is 3.01. The lowest BCUT2D eigenvalue weighted by atomic mass is 10.2. The monoisotopic (exact) mass is 202 g/mol. The molecule has 7 nitrogen and oxygen atoms in total. The summed E-state index contributed by atoms with van der Waals surface area (Å²) in [5.74, 6) is -2.38. The van der Waals surface area contributed by atoms with Gasteiger partial charge in [-0.2, -0.15) is 0 Å². The maximum Gasteiger partial charge on any atom is 0.356 e. The molecule has 0 spiro atoms. The second-order valence-electron chi connectivity index (χ2n) is 2.24. The number of aliphatic hydroxyl groups excluding tert-OH is 4. The molecule has 0 aliphatic rings. The number of hydrogen-bond acceptors (Lipinski definition) is 5. The maximum absolute atomic E-state index is 10.3. The Kier molecular flexibility index (Phi) is 4.29. The molecule has 74 valence electrons. The van der Waals surface area contributed by atoms with Crippen LogP contribution in [0.5, 0.6) is 0 Å². The van der Waals surface area contributed by atoms with E-state index in [-0.39, 0.29) is 0 Å². The van der Waals surface area contributed by atoms with Gasteiger partial charge in [0, 0.05) is 0 Å². The number of rotatable bonds is 4. The molecular weight excluding hydrogens is 191 g/mol. The molecule has 0 fully saturated rings. The molecule has 3 atom stereocenters. The highest BCUT2D eigenvalue weighted by atomic mass is 31.2. The summed E-state index contributed by atoms with van der Waals surface area (Å²) in [6.45, 7) is -0.891. The van der Waals surface area contributed by atoms with E-state index in [2.05, 4.69) is 0 Å². The van der Waals surface area contributed by atoms with Crippen molar-refractivity contribution in [2.24, 2.45) is 0 Å². The van der Waals surface area contributed by atoms with Crippen LogP contribution in [0.2, 0.25) is 0 Å². The summed E-state index contributed by atoms with van der Waals surface area (Å²) in [6, 6.07) is 0. The molecule has 0 rings (SSSR count). The van der Waals surface area contributed by atoms with E-state index in [1.807, 2.05) is 0 Å². The lowest BCUT2D eigenvalue weighted by Crippen LogP contribution is -2.39. The van der Waals surface area contributed by atoms with Crippen LogP contribution in [0, 0.1) is 0 Å². The van der Waals surface area contributed by atoms with Crippen LogP contribution in [0.25, 0.3) is 0 Å². The van der Waals surface area contributed by atoms with Crippen LogP contribution in [0.4, 0.5) is 0 Å². The second kappa shape index (κ2) is 4.29. The zero-order valence-corrected chi connectivity index (χ0v) is 6.87. The van der Waals surface area contributed by atoms with E-state index in [0.717, 1.165) is 0 Å². The Balaban J connectivity index is 4.29. The zero-order chi connectivity index (χ0) is 9.94. The van der Waals surface area contributed by atoms with E-state index in [0.29, 0.717) is 0 Å². The van der Waals surface area contributed by atoms with Crippen LogP contribution < -0.4 is 0 Å². The van der Waals surface area contributed by atoms with Gasteiger partial charge in [-0.15, -0.1) is 0 Å². The molecule has 0 bridgehead atoms. The molecule has 0 saturated carbocycles. The molecule has 0 aromatic carbocycles. The minimum Gasteiger partial charge on any atom is -0.394 e. The quantitative estimate of drug-likeness (QED) is 0.270. The summed E-state index contributed by atoms with van der Waals surface area (Å²) < 4.78 is 10.3. The second-order valence-corrected chi connectivity index (χ2v) is 3.95. The molecule has 0 heterocycles. The fraction of sp³-hybridized carbons (Fsp3) is 1.00. The Morgan fingerprint density at radius 3 is 1.83 bits per heavy atom. The molecule has 1 unspecified atom stereocenters. The average molecular weight is 202 g/mol. The molecule has 8 heteroatoms. The van der Waals surface area contributed by atoms with Gasteiger partial charge in [0.25, 0.3) is 0 Å². The Labute approximate surface area is 68.1 Å². The molecule has 0 aromatic heterocycles. The van der Waals surface area contributed by atoms with Crippen LogP contribution in [0.1, 0.15) is 0 Å². The fourth-order valence-electron chi connectivity index (χ4n) is 0.506. The molecule has 0 aromatic rings. The van der Waals surface area contributed by atoms with Gasteiger partial charge in [-0.1, -0.05) is 0 Å². The molecule has 0 aliphatic carbocycles. The van der Waals surface area contributed by atoms with Gasteiger partial charge >= 0.3 is 7.60 Å². The Hall–Kier alpha value is -0.0100. The van der Waals surface area contributed by atoms with Crippen molar-refractivity contribution in [1.29, 1.82) is 0 Å². The number of hydrogen-bond donors (Lipinski definition) is 6. The minimum atomic E-state index is -4.85. The summed E-state index contributed by atoms with van der Waals surface area (Å²) >= 11 is 0. The summed E-state index contributed by atoms with van der Waals surface area (Å²) in [6.07, 6.45) is -3.83. The zero-order valence-electron chi connectivity index (χ0n) is 5.98. The minimum absolute atomic E-state index is 0.891. The predicted octanol–water partition coefficient (Wildman–Crippen LogP) is -2.80. The molecular formula is C4H11O7P. The predicted molar refractivity (Wildman–Crippen MR) is 37.2 cm³/mol. The normalized spacial score (nSPS) is 20.2. The van der Waals surface area contributed by atoms with Gasteiger partial charge in [-0.05, 0) is 0 Å². The number of aliphatic hydroxyl groups is 4. The van der Waals surface area contributed by atoms with E-state index < -0.39 is 32.3 Å². The summed E-state index contributed by atoms with van der Waals surface area (Å²) in [7, 11) is -4.85. The van der Waals surface area contributed by atoms with Gasteiger partial charge in [0.05, 0.1) is 6.61 Å². The summed E-state index contributed by atoms with van der Waals surface area (Å²) in [5.41, 5.74) is 0. The van der Waals surface area contributed by atoms with Crippen LogP contribution in [0.3, 0.4) is 0 Å². The highest BCUT2D eigenvalue weighted by Gasteiger charge is 2.36. The van der Waals surface area contributed by atoms with Crippen molar-refractivity contribution in [3.63, 3.8) is 0 Å². The first kappa shape index (κ1) is 12.0. The standard InChI is InChI=1S/C4H11O7P/c5-1-2(6)3(7)4(8)12(9,10)11/h2-8H,1H2,(H2,9,10,11)/t2-,3-,4?/m0/s1. The summed E-state index contributed by atoms with van der Waals surface area (Å²) in [4.78, 5) is 16.6. The molecule has 12 heavy (non-hydrogen) atoms. The van der Waals surface area contributed by atoms with E-state index in [9.17, 15) is 4.57 Å². The lowest BCUT2D eigenvalue weighted by molar-refractivity contribution is -0.0573. The van der Waals surface area contributed by atoms with Crippen molar-refractivity contribution in [3.8, 4) is 0 Å². The van der Waals surface area contributed by atoms with Crippen molar-refractivity contribution in [1.82, 2.24) is 0 Å². The van der Waals surface area contributed by atoms with Gasteiger partial charge in [0.15, 0.2) is 5.85 Å². The van der Waals surface area contributed by atoms with E-state index in [1.54, 1.807) is 0 Å². The van der Waals surface area contributed by atoms with Gasteiger partial charge in [-0.25, -0.2) is 0 Å². The van der Waals surface area contributed by atoms with Gasteiger partial charge in [-0.3, -0.25) is 4.57 Å². The Morgan fingerprint density at radius 2 is 1.58 bits per heavy atom. The van der Waals surface area contributed by atoms with Crippen molar-refractivity contribution in [2.75, 3.05) is 6.61 Å². The molecule has 0 amide bonds. The van der Waals surface area contributed by atoms with Gasteiger partial charge in [0.2, 0.25) is 0 Å². The van der Waals surface area contributed by atoms with E-state index in [4.69, 9.17) is 30.2 Å². The highest BCUT2D eigenvalue weighted by molar-refractivity contribution is 7.52. The van der Waals surface area contributed by atoms with Crippen molar-refractivity contribution >= 4 is 7.60 Å². The smallest absolute Gasteiger partial charge is 0.356 e. The fourth-order valence-corrected chi connectivity index (χ4v) is 1.10. The van der Waals surface area contributed by atoms with Gasteiger partial charge < -0.3 is 30.2 Å². The molecule has 0 aliphatic heterocycles. The van der Waals surface area contributed by atoms with Crippen molar-refractivity contribution < 1.29 is 34.8 Å². The highest BCUT2D eigenvalue weighted by Crippen LogP contribution is 2.41. The summed E-state index contributed by atoms with van der Waals surface area (Å²) in [5, 5.41) is 34.3. The van der Waals surface area contributed by atoms with E-state index >= 15 is 0 Å². The molecule has 0 radical (unpaired) electrons. The largest absolute Gasteiger partial charge is 0.394 e. The SMILES string of the molecule is O=P(O)(O)C(O)[C@@H](O)[C@@H](O)CO. The Morgan fingerprint density at radius 1 is 1.17 bits per heavy atom. The third-order valence-corrected chi connectivity index (χ3v) is 2.23. The van der Waals surface area contributed by atoms with Crippen molar-refractivity contribution in [2.45, 2.75) is 18.1 Å². The van der Waals surface area contributed by atoms with Crippen molar-refractivity contribution in [3.05, 3.63) is 0 Å². The topological polar surface area (TPSA) is 138 Å². The molecule has 6 N–H and O–H groups in total. The van der Waals surface area contributed by atoms with Crippen LogP contribution in [-0.4, -0.2) is 54.9 Å². The van der Waals surface area contributed by atoms with Crippen LogP contribution >= 0.6 is 7.60 Å². The van der Waals surface area contributed by atoms with Crippen LogP contribution in [0.15, 0.2) is 0 Å². The first-order chi connectivity index (χ1) is 5.30. The third-order valence-electron chi connectivity index (χ3n) is 1.23. The van der Waals surface area contributed by atoms with Gasteiger partial charge in [0.1, 0.15) is 12.2 Å². The lowest BCUT2D eigenvalue weighted by Gasteiger charge is -2.21. The average Bonchev–Trinajstić information content (AvgIpc) is 1.98. The van der Waals surface area contributed by atoms with E-state index in [1.165, 1.54) is 0 Å². The Bertz CT molecular complexity index is 176.